The molecule has 0 atom stereocenters. The number of amides is 1. The molecule has 4 N–H and O–H groups in total. The van der Waals surface area contributed by atoms with Crippen LogP contribution in [0.3, 0.4) is 0 Å². The third kappa shape index (κ3) is 3.68. The van der Waals surface area contributed by atoms with Gasteiger partial charge in [0.25, 0.3) is 5.91 Å². The van der Waals surface area contributed by atoms with Crippen molar-refractivity contribution in [2.24, 2.45) is 0 Å². The topological polar surface area (TPSA) is 145 Å². The second kappa shape index (κ2) is 7.73. The van der Waals surface area contributed by atoms with Gasteiger partial charge in [-0.3, -0.25) is 9.78 Å². The molecule has 4 rings (SSSR count). The van der Waals surface area contributed by atoms with E-state index in [1.54, 1.807) is 18.6 Å². The minimum atomic E-state index is -0.440. The Morgan fingerprint density at radius 1 is 1.38 bits per heavy atom. The Balaban J connectivity index is 1.62. The molecule has 10 nitrogen and oxygen atoms in total. The molecule has 3 aromatic heterocycles. The number of piperidine rings is 1. The number of carbonyl (C=O) groups is 1. The third-order valence-corrected chi connectivity index (χ3v) is 4.91. The molecule has 10 heteroatoms. The van der Waals surface area contributed by atoms with Crippen molar-refractivity contribution in [3.63, 3.8) is 0 Å². The van der Waals surface area contributed by atoms with Gasteiger partial charge in [-0.05, 0) is 18.9 Å². The van der Waals surface area contributed by atoms with Gasteiger partial charge in [-0.1, -0.05) is 0 Å². The van der Waals surface area contributed by atoms with E-state index >= 15 is 0 Å². The van der Waals surface area contributed by atoms with Gasteiger partial charge in [0.15, 0.2) is 11.5 Å². The summed E-state index contributed by atoms with van der Waals surface area (Å²) in [5.41, 5.74) is 8.51. The van der Waals surface area contributed by atoms with Crippen LogP contribution in [0.2, 0.25) is 0 Å². The van der Waals surface area contributed by atoms with E-state index in [1.807, 2.05) is 12.1 Å². The normalized spacial score (nSPS) is 14.7. The third-order valence-electron chi connectivity index (χ3n) is 4.91. The average Bonchev–Trinajstić information content (AvgIpc) is 3.04. The fourth-order valence-corrected chi connectivity index (χ4v) is 3.44. The molecule has 1 fully saturated rings. The van der Waals surface area contributed by atoms with Crippen LogP contribution in [0.4, 0.5) is 17.2 Å². The van der Waals surface area contributed by atoms with Gasteiger partial charge in [0.2, 0.25) is 0 Å². The van der Waals surface area contributed by atoms with Crippen LogP contribution < -0.4 is 16.0 Å². The van der Waals surface area contributed by atoms with Crippen molar-refractivity contribution in [3.05, 3.63) is 42.0 Å². The number of nitrogens with one attached hydrogen (secondary N) is 1. The number of nitrogen functional groups attached to an aromatic ring is 1. The highest BCUT2D eigenvalue weighted by Gasteiger charge is 2.23. The first kappa shape index (κ1) is 18.6. The van der Waals surface area contributed by atoms with Gasteiger partial charge in [-0.15, -0.1) is 5.10 Å². The Morgan fingerprint density at radius 2 is 2.17 bits per heavy atom. The zero-order valence-electron chi connectivity index (χ0n) is 15.6. The lowest BCUT2D eigenvalue weighted by molar-refractivity contribution is 0.102. The number of rotatable bonds is 4. The van der Waals surface area contributed by atoms with E-state index in [4.69, 9.17) is 11.0 Å². The van der Waals surface area contributed by atoms with E-state index in [1.165, 1.54) is 10.7 Å². The van der Waals surface area contributed by atoms with Crippen molar-refractivity contribution >= 4 is 28.7 Å². The summed E-state index contributed by atoms with van der Waals surface area (Å²) in [6.07, 6.45) is 7.65. The monoisotopic (exact) mass is 392 g/mol. The van der Waals surface area contributed by atoms with Gasteiger partial charge >= 0.3 is 0 Å². The molecule has 1 aliphatic heterocycles. The SMILES string of the molecule is N#CCc1cnc2c(C(=O)Nc3cnccc3N3CCC(O)CC3)c(N)nn2c1. The van der Waals surface area contributed by atoms with Crippen molar-refractivity contribution in [2.45, 2.75) is 25.4 Å². The van der Waals surface area contributed by atoms with E-state index in [9.17, 15) is 9.90 Å². The lowest BCUT2D eigenvalue weighted by Gasteiger charge is -2.32. The number of hydrogen-bond donors (Lipinski definition) is 3. The highest BCUT2D eigenvalue weighted by Crippen LogP contribution is 2.28. The molecule has 0 bridgehead atoms. The van der Waals surface area contributed by atoms with Crippen molar-refractivity contribution in [2.75, 3.05) is 29.0 Å². The Labute approximate surface area is 166 Å². The minimum Gasteiger partial charge on any atom is -0.393 e. The molecule has 0 aliphatic carbocycles. The molecule has 0 unspecified atom stereocenters. The summed E-state index contributed by atoms with van der Waals surface area (Å²) in [7, 11) is 0. The molecule has 0 aromatic carbocycles. The summed E-state index contributed by atoms with van der Waals surface area (Å²) in [6, 6.07) is 3.88. The fraction of sp³-hybridized carbons (Fsp3) is 0.316. The van der Waals surface area contributed by atoms with E-state index in [2.05, 4.69) is 25.3 Å². The van der Waals surface area contributed by atoms with Crippen LogP contribution in [-0.4, -0.2) is 49.8 Å². The highest BCUT2D eigenvalue weighted by atomic mass is 16.3. The maximum Gasteiger partial charge on any atom is 0.263 e. The van der Waals surface area contributed by atoms with Gasteiger partial charge in [0, 0.05) is 37.2 Å². The molecular weight excluding hydrogens is 372 g/mol. The number of hydrogen-bond acceptors (Lipinski definition) is 8. The standard InChI is InChI=1S/C19H20N8O2/c20-5-1-12-9-23-18-16(17(21)25-27(18)11-12)19(29)24-14-10-22-6-2-15(14)26-7-3-13(28)4-8-26/h2,6,9-11,13,28H,1,3-4,7-8H2,(H2,21,25)(H,24,29). The number of carbonyl (C=O) groups excluding carboxylic acids is 1. The molecule has 1 amide bonds. The van der Waals surface area contributed by atoms with E-state index in [0.717, 1.165) is 5.69 Å². The number of nitriles is 1. The number of nitrogens with zero attached hydrogens (tertiary/aromatic N) is 6. The average molecular weight is 392 g/mol. The molecular formula is C19H20N8O2. The van der Waals surface area contributed by atoms with Crippen LogP contribution in [0.15, 0.2) is 30.9 Å². The van der Waals surface area contributed by atoms with Crippen LogP contribution >= 0.6 is 0 Å². The Hall–Kier alpha value is -3.71. The van der Waals surface area contributed by atoms with Crippen LogP contribution in [0, 0.1) is 11.3 Å². The van der Waals surface area contributed by atoms with Crippen LogP contribution in [-0.2, 0) is 6.42 Å². The largest absolute Gasteiger partial charge is 0.393 e. The zero-order chi connectivity index (χ0) is 20.4. The predicted molar refractivity (Wildman–Crippen MR) is 106 cm³/mol. The lowest BCUT2D eigenvalue weighted by Crippen LogP contribution is -2.36. The van der Waals surface area contributed by atoms with Crippen molar-refractivity contribution < 1.29 is 9.90 Å². The first-order valence-electron chi connectivity index (χ1n) is 9.25. The van der Waals surface area contributed by atoms with Crippen LogP contribution in [0.25, 0.3) is 5.65 Å². The number of aliphatic hydroxyl groups excluding tert-OH is 1. The number of aromatic nitrogens is 4. The molecule has 1 saturated heterocycles. The van der Waals surface area contributed by atoms with E-state index in [0.29, 0.717) is 42.8 Å². The zero-order valence-corrected chi connectivity index (χ0v) is 15.6. The molecule has 148 valence electrons. The van der Waals surface area contributed by atoms with Gasteiger partial charge in [-0.2, -0.15) is 5.26 Å². The first-order chi connectivity index (χ1) is 14.1. The quantitative estimate of drug-likeness (QED) is 0.596. The second-order valence-electron chi connectivity index (χ2n) is 6.89. The van der Waals surface area contributed by atoms with E-state index in [-0.39, 0.29) is 23.9 Å². The predicted octanol–water partition coefficient (Wildman–Crippen LogP) is 0.986. The van der Waals surface area contributed by atoms with Crippen molar-refractivity contribution in [1.82, 2.24) is 19.6 Å². The van der Waals surface area contributed by atoms with E-state index < -0.39 is 5.91 Å². The Morgan fingerprint density at radius 3 is 2.93 bits per heavy atom. The number of nitrogens with two attached hydrogens (primary N) is 1. The summed E-state index contributed by atoms with van der Waals surface area (Å²) in [6.45, 7) is 1.38. The summed E-state index contributed by atoms with van der Waals surface area (Å²) >= 11 is 0. The van der Waals surface area contributed by atoms with Crippen LogP contribution in [0.5, 0.6) is 0 Å². The van der Waals surface area contributed by atoms with Crippen molar-refractivity contribution in [1.29, 1.82) is 5.26 Å². The van der Waals surface area contributed by atoms with Gasteiger partial charge in [-0.25, -0.2) is 9.50 Å². The molecule has 0 radical (unpaired) electrons. The number of aliphatic hydroxyl groups is 1. The smallest absolute Gasteiger partial charge is 0.263 e. The Bertz CT molecular complexity index is 1100. The maximum atomic E-state index is 13.0. The first-order valence-corrected chi connectivity index (χ1v) is 9.25. The van der Waals surface area contributed by atoms with Crippen LogP contribution in [0.1, 0.15) is 28.8 Å². The lowest BCUT2D eigenvalue weighted by atomic mass is 10.1. The van der Waals surface area contributed by atoms with Gasteiger partial charge in [0.1, 0.15) is 5.56 Å². The molecule has 3 aromatic rings. The number of anilines is 3. The summed E-state index contributed by atoms with van der Waals surface area (Å²) in [5.74, 6) is -0.389. The van der Waals surface area contributed by atoms with Gasteiger partial charge < -0.3 is 21.1 Å². The molecule has 29 heavy (non-hydrogen) atoms. The Kier molecular flexibility index (Phi) is 4.97. The second-order valence-corrected chi connectivity index (χ2v) is 6.89. The number of pyridine rings is 1. The fourth-order valence-electron chi connectivity index (χ4n) is 3.44. The minimum absolute atomic E-state index is 0.0515. The summed E-state index contributed by atoms with van der Waals surface area (Å²) < 4.78 is 1.41. The summed E-state index contributed by atoms with van der Waals surface area (Å²) in [5, 5.41) is 25.6. The molecule has 4 heterocycles. The molecule has 0 saturated carbocycles. The number of fused-ring (bicyclic) bond motifs is 1. The van der Waals surface area contributed by atoms with Crippen molar-refractivity contribution in [3.8, 4) is 6.07 Å². The molecule has 1 aliphatic rings. The van der Waals surface area contributed by atoms with Gasteiger partial charge in [0.05, 0.1) is 36.2 Å². The highest BCUT2D eigenvalue weighted by molar-refractivity contribution is 6.12. The summed E-state index contributed by atoms with van der Waals surface area (Å²) in [4.78, 5) is 23.5. The maximum absolute atomic E-state index is 13.0. The molecule has 0 spiro atoms.